The number of allylic oxidation sites excluding steroid dienone is 3. The Hall–Kier alpha value is -1.86. The number of rotatable bonds is 75. The summed E-state index contributed by atoms with van der Waals surface area (Å²) in [5, 5.41) is 54.5. The fourth-order valence-corrected chi connectivity index (χ4v) is 13.6. The van der Waals surface area contributed by atoms with E-state index in [0.29, 0.717) is 19.4 Å². The molecular formula is C83H159NO10. The van der Waals surface area contributed by atoms with Crippen molar-refractivity contribution in [2.45, 2.75) is 474 Å². The van der Waals surface area contributed by atoms with Crippen LogP contribution < -0.4 is 5.32 Å². The van der Waals surface area contributed by atoms with Crippen molar-refractivity contribution in [1.82, 2.24) is 5.32 Å². The molecule has 0 aromatic rings. The standard InChI is InChI=1S/C83H159NO10/c1-3-5-7-9-11-13-15-16-17-44-47-51-55-59-63-67-71-79(88)92-72-68-64-60-56-52-48-45-42-40-38-36-34-32-30-28-26-24-22-20-18-19-21-23-25-27-29-31-33-35-37-39-41-43-46-50-54-58-62-66-70-78(87)84-75(74-93-83-82(91)81(90)80(89)77(73-85)94-83)76(86)69-65-61-57-53-49-14-12-10-8-6-4-2/h18-19,65,69,75-77,80-83,85-86,89-91H,3-17,20-64,66-68,70-74H2,1-2H3,(H,84,87)/b19-18-,69-65+. The number of hydrogen-bond acceptors (Lipinski definition) is 10. The Morgan fingerprint density at radius 1 is 0.383 bits per heavy atom. The third-order valence-electron chi connectivity index (χ3n) is 20.1. The zero-order chi connectivity index (χ0) is 67.9. The van der Waals surface area contributed by atoms with Crippen LogP contribution in [0.4, 0.5) is 0 Å². The van der Waals surface area contributed by atoms with Crippen LogP contribution in [0, 0.1) is 0 Å². The second kappa shape index (κ2) is 72.4. The minimum absolute atomic E-state index is 0.0212. The first-order valence-corrected chi connectivity index (χ1v) is 41.6. The molecule has 1 rings (SSSR count). The number of carbonyl (C=O) groups is 2. The highest BCUT2D eigenvalue weighted by Gasteiger charge is 2.44. The number of esters is 1. The van der Waals surface area contributed by atoms with Gasteiger partial charge in [-0.1, -0.05) is 385 Å². The number of nitrogens with one attached hydrogen (secondary N) is 1. The van der Waals surface area contributed by atoms with E-state index in [-0.39, 0.29) is 18.5 Å². The molecule has 6 N–H and O–H groups in total. The summed E-state index contributed by atoms with van der Waals surface area (Å²) in [4.78, 5) is 25.2. The van der Waals surface area contributed by atoms with Crippen molar-refractivity contribution in [2.75, 3.05) is 19.8 Å². The highest BCUT2D eigenvalue weighted by atomic mass is 16.7. The summed E-state index contributed by atoms with van der Waals surface area (Å²) >= 11 is 0. The average molecular weight is 1330 g/mol. The molecule has 0 aliphatic carbocycles. The van der Waals surface area contributed by atoms with Gasteiger partial charge in [-0.15, -0.1) is 0 Å². The monoisotopic (exact) mass is 1330 g/mol. The predicted molar refractivity (Wildman–Crippen MR) is 398 cm³/mol. The highest BCUT2D eigenvalue weighted by Crippen LogP contribution is 2.24. The summed E-state index contributed by atoms with van der Waals surface area (Å²) in [6.07, 6.45) is 83.8. The third-order valence-corrected chi connectivity index (χ3v) is 20.1. The molecular weight excluding hydrogens is 1170 g/mol. The van der Waals surface area contributed by atoms with Crippen molar-refractivity contribution in [1.29, 1.82) is 0 Å². The fraction of sp³-hybridized carbons (Fsp3) is 0.928. The van der Waals surface area contributed by atoms with Crippen LogP contribution in [0.15, 0.2) is 24.3 Å². The molecule has 7 atom stereocenters. The van der Waals surface area contributed by atoms with Crippen LogP contribution in [-0.4, -0.2) is 100 Å². The van der Waals surface area contributed by atoms with E-state index in [1.54, 1.807) is 6.08 Å². The summed E-state index contributed by atoms with van der Waals surface area (Å²) in [6.45, 7) is 4.40. The van der Waals surface area contributed by atoms with Crippen LogP contribution in [0.2, 0.25) is 0 Å². The Morgan fingerprint density at radius 3 is 1.02 bits per heavy atom. The SMILES string of the molecule is CCCCCCCCCCC/C=C/C(O)C(COC1OC(CO)C(O)C(O)C1O)NC(=O)CCCCCCCCCCCCCCCCCCC/C=C\CCCCCCCCCCCCCCCCCCCCOC(=O)CCCCCCCCCCCCCCCCCC. The van der Waals surface area contributed by atoms with Gasteiger partial charge < -0.3 is 45.1 Å². The van der Waals surface area contributed by atoms with E-state index < -0.39 is 49.5 Å². The van der Waals surface area contributed by atoms with E-state index >= 15 is 0 Å². The summed E-state index contributed by atoms with van der Waals surface area (Å²) in [5.74, 6) is -0.154. The van der Waals surface area contributed by atoms with Crippen LogP contribution in [-0.2, 0) is 23.8 Å². The normalized spacial score (nSPS) is 17.5. The number of amides is 1. The van der Waals surface area contributed by atoms with Gasteiger partial charge in [0.05, 0.1) is 32.0 Å². The number of carbonyl (C=O) groups excluding carboxylic acids is 2. The number of aliphatic hydroxyl groups is 5. The second-order valence-electron chi connectivity index (χ2n) is 29.2. The Bertz CT molecular complexity index is 1610. The Labute approximate surface area is 581 Å². The molecule has 1 saturated heterocycles. The first kappa shape index (κ1) is 90.2. The Balaban J connectivity index is 1.85. The maximum Gasteiger partial charge on any atom is 0.305 e. The van der Waals surface area contributed by atoms with Gasteiger partial charge in [0.15, 0.2) is 6.29 Å². The van der Waals surface area contributed by atoms with Crippen LogP contribution in [0.5, 0.6) is 0 Å². The van der Waals surface area contributed by atoms with Gasteiger partial charge in [0.1, 0.15) is 24.4 Å². The molecule has 1 aliphatic heterocycles. The van der Waals surface area contributed by atoms with E-state index in [1.165, 1.54) is 353 Å². The van der Waals surface area contributed by atoms with Gasteiger partial charge in [-0.05, 0) is 57.8 Å². The van der Waals surface area contributed by atoms with Crippen LogP contribution >= 0.6 is 0 Å². The van der Waals surface area contributed by atoms with Crippen molar-refractivity contribution < 1.29 is 49.3 Å². The van der Waals surface area contributed by atoms with Gasteiger partial charge in [-0.25, -0.2) is 0 Å². The van der Waals surface area contributed by atoms with Crippen molar-refractivity contribution >= 4 is 11.9 Å². The van der Waals surface area contributed by atoms with E-state index in [0.717, 1.165) is 51.4 Å². The van der Waals surface area contributed by atoms with E-state index in [1.807, 2.05) is 6.08 Å². The molecule has 0 bridgehead atoms. The maximum absolute atomic E-state index is 13.1. The smallest absolute Gasteiger partial charge is 0.305 e. The molecule has 0 aromatic carbocycles. The number of aliphatic hydroxyl groups excluding tert-OH is 5. The van der Waals surface area contributed by atoms with E-state index in [2.05, 4.69) is 31.3 Å². The number of hydrogen-bond donors (Lipinski definition) is 6. The molecule has 94 heavy (non-hydrogen) atoms. The minimum atomic E-state index is -1.57. The summed E-state index contributed by atoms with van der Waals surface area (Å²) in [6, 6.07) is -0.806. The topological polar surface area (TPSA) is 175 Å². The molecule has 7 unspecified atom stereocenters. The molecule has 0 aromatic heterocycles. The lowest BCUT2D eigenvalue weighted by Crippen LogP contribution is -2.60. The van der Waals surface area contributed by atoms with Crippen LogP contribution in [0.1, 0.15) is 431 Å². The molecule has 1 amide bonds. The van der Waals surface area contributed by atoms with Crippen LogP contribution in [0.3, 0.4) is 0 Å². The minimum Gasteiger partial charge on any atom is -0.466 e. The molecule has 556 valence electrons. The zero-order valence-corrected chi connectivity index (χ0v) is 62.2. The quantitative estimate of drug-likeness (QED) is 0.0195. The number of ether oxygens (including phenoxy) is 3. The van der Waals surface area contributed by atoms with Crippen LogP contribution in [0.25, 0.3) is 0 Å². The average Bonchev–Trinajstić information content (AvgIpc) is 1.04. The number of unbranched alkanes of at least 4 members (excludes halogenated alkanes) is 59. The summed E-state index contributed by atoms with van der Waals surface area (Å²) in [5.41, 5.74) is 0. The van der Waals surface area contributed by atoms with Crippen molar-refractivity contribution in [3.8, 4) is 0 Å². The first-order valence-electron chi connectivity index (χ1n) is 41.6. The Kier molecular flexibility index (Phi) is 69.4. The molecule has 1 aliphatic rings. The third kappa shape index (κ3) is 60.1. The lowest BCUT2D eigenvalue weighted by atomic mass is 9.99. The maximum atomic E-state index is 13.1. The zero-order valence-electron chi connectivity index (χ0n) is 62.2. The van der Waals surface area contributed by atoms with Gasteiger partial charge in [0.2, 0.25) is 5.91 Å². The largest absolute Gasteiger partial charge is 0.466 e. The first-order chi connectivity index (χ1) is 46.2. The summed E-state index contributed by atoms with van der Waals surface area (Å²) in [7, 11) is 0. The van der Waals surface area contributed by atoms with Crippen molar-refractivity contribution in [2.24, 2.45) is 0 Å². The molecule has 0 saturated carbocycles. The molecule has 0 radical (unpaired) electrons. The van der Waals surface area contributed by atoms with E-state index in [9.17, 15) is 35.1 Å². The fourth-order valence-electron chi connectivity index (χ4n) is 13.6. The van der Waals surface area contributed by atoms with Gasteiger partial charge >= 0.3 is 5.97 Å². The molecule has 1 fully saturated rings. The van der Waals surface area contributed by atoms with Crippen molar-refractivity contribution in [3.05, 3.63) is 24.3 Å². The van der Waals surface area contributed by atoms with Gasteiger partial charge in [0, 0.05) is 12.8 Å². The van der Waals surface area contributed by atoms with E-state index in [4.69, 9.17) is 14.2 Å². The molecule has 1 heterocycles. The highest BCUT2D eigenvalue weighted by molar-refractivity contribution is 5.76. The lowest BCUT2D eigenvalue weighted by molar-refractivity contribution is -0.302. The molecule has 11 heteroatoms. The van der Waals surface area contributed by atoms with Gasteiger partial charge in [-0.3, -0.25) is 9.59 Å². The van der Waals surface area contributed by atoms with Crippen molar-refractivity contribution in [3.63, 3.8) is 0 Å². The summed E-state index contributed by atoms with van der Waals surface area (Å²) < 4.78 is 16.8. The second-order valence-corrected chi connectivity index (χ2v) is 29.2. The predicted octanol–water partition coefficient (Wildman–Crippen LogP) is 22.7. The van der Waals surface area contributed by atoms with Gasteiger partial charge in [-0.2, -0.15) is 0 Å². The Morgan fingerprint density at radius 2 is 0.681 bits per heavy atom. The lowest BCUT2D eigenvalue weighted by Gasteiger charge is -2.40. The van der Waals surface area contributed by atoms with Gasteiger partial charge in [0.25, 0.3) is 0 Å². The molecule has 11 nitrogen and oxygen atoms in total. The molecule has 0 spiro atoms.